The number of hydrogen-bond acceptors (Lipinski definition) is 1. The van der Waals surface area contributed by atoms with Crippen molar-refractivity contribution >= 4 is 12.4 Å². The normalized spacial score (nSPS) is 31.7. The lowest BCUT2D eigenvalue weighted by atomic mass is 9.67. The first-order valence-corrected chi connectivity index (χ1v) is 4.59. The summed E-state index contributed by atoms with van der Waals surface area (Å²) in [5.74, 6) is 1.37. The number of benzene rings is 1. The minimum Gasteiger partial charge on any atom is -0.327 e. The van der Waals surface area contributed by atoms with Gasteiger partial charge in [-0.3, -0.25) is 0 Å². The summed E-state index contributed by atoms with van der Waals surface area (Å²) < 4.78 is 0. The van der Waals surface area contributed by atoms with Gasteiger partial charge in [0.25, 0.3) is 0 Å². The maximum atomic E-state index is 5.85. The van der Waals surface area contributed by atoms with Crippen LogP contribution in [0.15, 0.2) is 30.3 Å². The zero-order chi connectivity index (χ0) is 8.55. The van der Waals surface area contributed by atoms with Crippen LogP contribution in [0.3, 0.4) is 0 Å². The van der Waals surface area contributed by atoms with Gasteiger partial charge in [0.2, 0.25) is 0 Å². The van der Waals surface area contributed by atoms with Crippen LogP contribution in [-0.2, 0) is 0 Å². The highest BCUT2D eigenvalue weighted by Gasteiger charge is 2.35. The van der Waals surface area contributed by atoms with Gasteiger partial charge in [0, 0.05) is 6.04 Å². The van der Waals surface area contributed by atoms with Crippen molar-refractivity contribution in [3.8, 4) is 0 Å². The summed E-state index contributed by atoms with van der Waals surface area (Å²) >= 11 is 0. The molecule has 13 heavy (non-hydrogen) atoms. The summed E-state index contributed by atoms with van der Waals surface area (Å²) in [6, 6.07) is 11.1. The van der Waals surface area contributed by atoms with Gasteiger partial charge in [-0.25, -0.2) is 0 Å². The van der Waals surface area contributed by atoms with Crippen molar-refractivity contribution < 1.29 is 0 Å². The molecule has 0 aliphatic heterocycles. The molecule has 0 aromatic heterocycles. The Hall–Kier alpha value is -0.530. The lowest BCUT2D eigenvalue weighted by Crippen LogP contribution is -2.44. The molecule has 1 fully saturated rings. The van der Waals surface area contributed by atoms with E-state index in [9.17, 15) is 0 Å². The third kappa shape index (κ3) is 1.87. The Kier molecular flexibility index (Phi) is 3.34. The van der Waals surface area contributed by atoms with Crippen LogP contribution in [0.5, 0.6) is 0 Å². The van der Waals surface area contributed by atoms with Crippen molar-refractivity contribution in [3.05, 3.63) is 35.9 Å². The molecule has 1 aliphatic carbocycles. The molecule has 1 aromatic carbocycles. The van der Waals surface area contributed by atoms with Gasteiger partial charge in [0.05, 0.1) is 0 Å². The Labute approximate surface area is 85.7 Å². The lowest BCUT2D eigenvalue weighted by Gasteiger charge is -2.40. The number of hydrogen-bond donors (Lipinski definition) is 1. The Balaban J connectivity index is 0.000000845. The molecule has 2 heteroatoms. The molecule has 1 aromatic rings. The van der Waals surface area contributed by atoms with E-state index in [4.69, 9.17) is 5.73 Å². The molecule has 0 spiro atoms. The maximum absolute atomic E-state index is 5.85. The highest BCUT2D eigenvalue weighted by molar-refractivity contribution is 5.85. The highest BCUT2D eigenvalue weighted by Crippen LogP contribution is 2.40. The second-order valence-electron chi connectivity index (χ2n) is 3.78. The molecule has 0 radical (unpaired) electrons. The average Bonchev–Trinajstić information content (AvgIpc) is 2.15. The third-order valence-corrected chi connectivity index (χ3v) is 3.06. The van der Waals surface area contributed by atoms with E-state index in [0.29, 0.717) is 17.9 Å². The number of rotatable bonds is 1. The highest BCUT2D eigenvalue weighted by atomic mass is 35.5. The number of halogens is 1. The molecule has 3 unspecified atom stereocenters. The summed E-state index contributed by atoms with van der Waals surface area (Å²) in [5, 5.41) is 0. The molecule has 0 amide bonds. The molecule has 0 bridgehead atoms. The Morgan fingerprint density at radius 3 is 2.31 bits per heavy atom. The summed E-state index contributed by atoms with van der Waals surface area (Å²) in [7, 11) is 0. The molecular weight excluding hydrogens is 182 g/mol. The minimum absolute atomic E-state index is 0. The van der Waals surface area contributed by atoms with Crippen molar-refractivity contribution in [2.45, 2.75) is 25.3 Å². The quantitative estimate of drug-likeness (QED) is 0.736. The third-order valence-electron chi connectivity index (χ3n) is 3.06. The van der Waals surface area contributed by atoms with Gasteiger partial charge in [-0.15, -0.1) is 12.4 Å². The molecule has 2 N–H and O–H groups in total. The van der Waals surface area contributed by atoms with Crippen LogP contribution >= 0.6 is 12.4 Å². The SMILES string of the molecule is CC1C(N)CC1c1ccccc1.Cl. The molecular formula is C11H16ClN. The summed E-state index contributed by atoms with van der Waals surface area (Å²) in [5.41, 5.74) is 7.30. The zero-order valence-corrected chi connectivity index (χ0v) is 8.63. The summed E-state index contributed by atoms with van der Waals surface area (Å²) in [6.45, 7) is 2.24. The maximum Gasteiger partial charge on any atom is 0.00763 e. The van der Waals surface area contributed by atoms with Crippen LogP contribution in [-0.4, -0.2) is 6.04 Å². The van der Waals surface area contributed by atoms with Crippen LogP contribution in [0.2, 0.25) is 0 Å². The van der Waals surface area contributed by atoms with E-state index in [0.717, 1.165) is 6.42 Å². The molecule has 1 saturated carbocycles. The molecule has 1 aliphatic rings. The van der Waals surface area contributed by atoms with Crippen LogP contribution in [0, 0.1) is 5.92 Å². The van der Waals surface area contributed by atoms with Crippen LogP contribution in [0.4, 0.5) is 0 Å². The van der Waals surface area contributed by atoms with Gasteiger partial charge in [-0.05, 0) is 23.8 Å². The lowest BCUT2D eigenvalue weighted by molar-refractivity contribution is 0.226. The van der Waals surface area contributed by atoms with E-state index in [1.807, 2.05) is 0 Å². The second kappa shape index (κ2) is 4.12. The Bertz CT molecular complexity index is 260. The van der Waals surface area contributed by atoms with E-state index in [-0.39, 0.29) is 12.4 Å². The van der Waals surface area contributed by atoms with Crippen molar-refractivity contribution in [3.63, 3.8) is 0 Å². The van der Waals surface area contributed by atoms with Gasteiger partial charge >= 0.3 is 0 Å². The molecule has 72 valence electrons. The fourth-order valence-corrected chi connectivity index (χ4v) is 1.96. The van der Waals surface area contributed by atoms with Gasteiger partial charge in [-0.1, -0.05) is 37.3 Å². The predicted octanol–water partition coefficient (Wildman–Crippen LogP) is 2.56. The first-order chi connectivity index (χ1) is 5.79. The van der Waals surface area contributed by atoms with Crippen LogP contribution < -0.4 is 5.73 Å². The van der Waals surface area contributed by atoms with Crippen molar-refractivity contribution in [1.29, 1.82) is 0 Å². The average molecular weight is 198 g/mol. The van der Waals surface area contributed by atoms with Gasteiger partial charge in [0.15, 0.2) is 0 Å². The van der Waals surface area contributed by atoms with E-state index in [1.165, 1.54) is 5.56 Å². The standard InChI is InChI=1S/C11H15N.ClH/c1-8-10(7-11(8)12)9-5-3-2-4-6-9;/h2-6,8,10-11H,7,12H2,1H3;1H. The van der Waals surface area contributed by atoms with E-state index in [2.05, 4.69) is 37.3 Å². The van der Waals surface area contributed by atoms with E-state index >= 15 is 0 Å². The van der Waals surface area contributed by atoms with Crippen molar-refractivity contribution in [1.82, 2.24) is 0 Å². The minimum atomic E-state index is 0. The van der Waals surface area contributed by atoms with Crippen molar-refractivity contribution in [2.75, 3.05) is 0 Å². The summed E-state index contributed by atoms with van der Waals surface area (Å²) in [4.78, 5) is 0. The van der Waals surface area contributed by atoms with Gasteiger partial charge in [0.1, 0.15) is 0 Å². The first-order valence-electron chi connectivity index (χ1n) is 4.59. The predicted molar refractivity (Wildman–Crippen MR) is 58.2 cm³/mol. The van der Waals surface area contributed by atoms with Gasteiger partial charge in [-0.2, -0.15) is 0 Å². The Morgan fingerprint density at radius 1 is 1.23 bits per heavy atom. The van der Waals surface area contributed by atoms with Gasteiger partial charge < -0.3 is 5.73 Å². The molecule has 0 heterocycles. The first kappa shape index (κ1) is 10.6. The molecule has 2 rings (SSSR count). The molecule has 0 saturated heterocycles. The largest absolute Gasteiger partial charge is 0.327 e. The molecule has 1 nitrogen and oxygen atoms in total. The fourth-order valence-electron chi connectivity index (χ4n) is 1.96. The summed E-state index contributed by atoms with van der Waals surface area (Å²) in [6.07, 6.45) is 1.16. The monoisotopic (exact) mass is 197 g/mol. The van der Waals surface area contributed by atoms with Crippen LogP contribution in [0.1, 0.15) is 24.8 Å². The number of nitrogens with two attached hydrogens (primary N) is 1. The molecule has 3 atom stereocenters. The Morgan fingerprint density at radius 2 is 1.85 bits per heavy atom. The van der Waals surface area contributed by atoms with E-state index in [1.54, 1.807) is 0 Å². The van der Waals surface area contributed by atoms with Crippen molar-refractivity contribution in [2.24, 2.45) is 11.7 Å². The van der Waals surface area contributed by atoms with E-state index < -0.39 is 0 Å². The van der Waals surface area contributed by atoms with Crippen LogP contribution in [0.25, 0.3) is 0 Å². The smallest absolute Gasteiger partial charge is 0.00763 e. The topological polar surface area (TPSA) is 26.0 Å². The second-order valence-corrected chi connectivity index (χ2v) is 3.78. The zero-order valence-electron chi connectivity index (χ0n) is 7.81. The fraction of sp³-hybridized carbons (Fsp3) is 0.455.